The van der Waals surface area contributed by atoms with Crippen LogP contribution in [-0.2, 0) is 0 Å². The highest BCUT2D eigenvalue weighted by Gasteiger charge is 2.03. The molecule has 0 aliphatic rings. The number of hydrogen-bond acceptors (Lipinski definition) is 2. The van der Waals surface area contributed by atoms with E-state index in [0.717, 1.165) is 17.5 Å². The van der Waals surface area contributed by atoms with Gasteiger partial charge in [0, 0.05) is 11.6 Å². The number of carbonyl (C=O) groups is 1. The predicted molar refractivity (Wildman–Crippen MR) is 53.7 cm³/mol. The molecule has 0 amide bonds. The SMILES string of the molecule is CCC(N)c1ccc(C(C)=O)cc1. The number of hydrogen-bond donors (Lipinski definition) is 1. The summed E-state index contributed by atoms with van der Waals surface area (Å²) in [5.41, 5.74) is 7.67. The molecule has 1 aromatic rings. The molecule has 0 heterocycles. The van der Waals surface area contributed by atoms with Crippen molar-refractivity contribution >= 4 is 5.78 Å². The summed E-state index contributed by atoms with van der Waals surface area (Å²) in [7, 11) is 0. The van der Waals surface area contributed by atoms with Gasteiger partial charge in [0.25, 0.3) is 0 Å². The Morgan fingerprint density at radius 1 is 1.38 bits per heavy atom. The maximum absolute atomic E-state index is 11.0. The molecule has 0 aliphatic carbocycles. The Labute approximate surface area is 78.8 Å². The average Bonchev–Trinajstić information content (AvgIpc) is 2.17. The minimum Gasteiger partial charge on any atom is -0.324 e. The van der Waals surface area contributed by atoms with Crippen LogP contribution in [0, 0.1) is 0 Å². The third-order valence-corrected chi connectivity index (χ3v) is 2.19. The molecular weight excluding hydrogens is 162 g/mol. The van der Waals surface area contributed by atoms with E-state index >= 15 is 0 Å². The van der Waals surface area contributed by atoms with Gasteiger partial charge in [-0.2, -0.15) is 0 Å². The second-order valence-corrected chi connectivity index (χ2v) is 3.19. The van der Waals surface area contributed by atoms with Gasteiger partial charge in [0.15, 0.2) is 5.78 Å². The third-order valence-electron chi connectivity index (χ3n) is 2.19. The molecule has 0 bridgehead atoms. The lowest BCUT2D eigenvalue weighted by atomic mass is 10.0. The van der Waals surface area contributed by atoms with Gasteiger partial charge in [0.1, 0.15) is 0 Å². The van der Waals surface area contributed by atoms with Gasteiger partial charge < -0.3 is 5.73 Å². The first kappa shape index (κ1) is 9.93. The van der Waals surface area contributed by atoms with Crippen molar-refractivity contribution < 1.29 is 4.79 Å². The van der Waals surface area contributed by atoms with Crippen LogP contribution in [0.15, 0.2) is 24.3 Å². The first-order valence-corrected chi connectivity index (χ1v) is 4.51. The van der Waals surface area contributed by atoms with Gasteiger partial charge in [-0.15, -0.1) is 0 Å². The molecule has 0 radical (unpaired) electrons. The summed E-state index contributed by atoms with van der Waals surface area (Å²) in [4.78, 5) is 11.0. The molecular formula is C11H15NO. The van der Waals surface area contributed by atoms with E-state index in [1.165, 1.54) is 0 Å². The Morgan fingerprint density at radius 2 is 1.92 bits per heavy atom. The summed E-state index contributed by atoms with van der Waals surface area (Å²) in [5, 5.41) is 0. The molecule has 0 fully saturated rings. The van der Waals surface area contributed by atoms with Crippen molar-refractivity contribution in [2.45, 2.75) is 26.3 Å². The van der Waals surface area contributed by atoms with Gasteiger partial charge in [0.2, 0.25) is 0 Å². The first-order chi connectivity index (χ1) is 6.15. The molecule has 2 nitrogen and oxygen atoms in total. The molecule has 0 aliphatic heterocycles. The first-order valence-electron chi connectivity index (χ1n) is 4.51. The molecule has 2 heteroatoms. The van der Waals surface area contributed by atoms with E-state index in [4.69, 9.17) is 5.73 Å². The van der Waals surface area contributed by atoms with Gasteiger partial charge in [0.05, 0.1) is 0 Å². The van der Waals surface area contributed by atoms with Crippen molar-refractivity contribution in [3.63, 3.8) is 0 Å². The van der Waals surface area contributed by atoms with Crippen LogP contribution in [0.25, 0.3) is 0 Å². The van der Waals surface area contributed by atoms with Crippen LogP contribution in [0.2, 0.25) is 0 Å². The van der Waals surface area contributed by atoms with Crippen LogP contribution in [0.3, 0.4) is 0 Å². The van der Waals surface area contributed by atoms with E-state index in [-0.39, 0.29) is 11.8 Å². The van der Waals surface area contributed by atoms with E-state index in [0.29, 0.717) is 0 Å². The van der Waals surface area contributed by atoms with Crippen LogP contribution < -0.4 is 5.73 Å². The van der Waals surface area contributed by atoms with Gasteiger partial charge in [-0.1, -0.05) is 31.2 Å². The lowest BCUT2D eigenvalue weighted by Gasteiger charge is -2.08. The monoisotopic (exact) mass is 177 g/mol. The fraction of sp³-hybridized carbons (Fsp3) is 0.364. The van der Waals surface area contributed by atoms with Crippen molar-refractivity contribution in [3.8, 4) is 0 Å². The lowest BCUT2D eigenvalue weighted by molar-refractivity contribution is 0.101. The van der Waals surface area contributed by atoms with E-state index in [2.05, 4.69) is 0 Å². The average molecular weight is 177 g/mol. The molecule has 1 aromatic carbocycles. The predicted octanol–water partition coefficient (Wildman–Crippen LogP) is 2.30. The molecule has 1 unspecified atom stereocenters. The fourth-order valence-corrected chi connectivity index (χ4v) is 1.20. The van der Waals surface area contributed by atoms with E-state index < -0.39 is 0 Å². The van der Waals surface area contributed by atoms with E-state index in [1.54, 1.807) is 6.92 Å². The number of Topliss-reactive ketones (excluding diaryl/α,β-unsaturated/α-hetero) is 1. The van der Waals surface area contributed by atoms with E-state index in [1.807, 2.05) is 31.2 Å². The Morgan fingerprint density at radius 3 is 2.31 bits per heavy atom. The highest BCUT2D eigenvalue weighted by atomic mass is 16.1. The molecule has 0 spiro atoms. The summed E-state index contributed by atoms with van der Waals surface area (Å²) in [6.07, 6.45) is 0.916. The largest absolute Gasteiger partial charge is 0.324 e. The summed E-state index contributed by atoms with van der Waals surface area (Å²) >= 11 is 0. The summed E-state index contributed by atoms with van der Waals surface area (Å²) in [5.74, 6) is 0.0941. The Bertz CT molecular complexity index is 289. The van der Waals surface area contributed by atoms with Crippen molar-refractivity contribution in [1.29, 1.82) is 0 Å². The number of rotatable bonds is 3. The smallest absolute Gasteiger partial charge is 0.159 e. The summed E-state index contributed by atoms with van der Waals surface area (Å²) in [6, 6.07) is 7.58. The molecule has 0 saturated heterocycles. The Balaban J connectivity index is 2.87. The van der Waals surface area contributed by atoms with Crippen molar-refractivity contribution in [2.24, 2.45) is 5.73 Å². The van der Waals surface area contributed by atoms with Gasteiger partial charge in [-0.25, -0.2) is 0 Å². The molecule has 1 atom stereocenters. The summed E-state index contributed by atoms with van der Waals surface area (Å²) < 4.78 is 0. The van der Waals surface area contributed by atoms with Crippen LogP contribution >= 0.6 is 0 Å². The normalized spacial score (nSPS) is 12.5. The van der Waals surface area contributed by atoms with Crippen LogP contribution in [0.1, 0.15) is 42.2 Å². The number of carbonyl (C=O) groups excluding carboxylic acids is 1. The zero-order chi connectivity index (χ0) is 9.84. The molecule has 70 valence electrons. The van der Waals surface area contributed by atoms with E-state index in [9.17, 15) is 4.79 Å². The minimum atomic E-state index is 0.0843. The summed E-state index contributed by atoms with van der Waals surface area (Å²) in [6.45, 7) is 3.61. The Kier molecular flexibility index (Phi) is 3.20. The molecule has 0 saturated carbocycles. The quantitative estimate of drug-likeness (QED) is 0.720. The van der Waals surface area contributed by atoms with Crippen LogP contribution in [0.4, 0.5) is 0 Å². The van der Waals surface area contributed by atoms with Crippen molar-refractivity contribution in [3.05, 3.63) is 35.4 Å². The highest BCUT2D eigenvalue weighted by Crippen LogP contribution is 2.14. The lowest BCUT2D eigenvalue weighted by Crippen LogP contribution is -2.08. The van der Waals surface area contributed by atoms with Crippen molar-refractivity contribution in [1.82, 2.24) is 0 Å². The van der Waals surface area contributed by atoms with Crippen LogP contribution in [0.5, 0.6) is 0 Å². The topological polar surface area (TPSA) is 43.1 Å². The highest BCUT2D eigenvalue weighted by molar-refractivity contribution is 5.94. The van der Waals surface area contributed by atoms with Crippen molar-refractivity contribution in [2.75, 3.05) is 0 Å². The molecule has 2 N–H and O–H groups in total. The standard InChI is InChI=1S/C11H15NO/c1-3-11(12)10-6-4-9(5-7-10)8(2)13/h4-7,11H,3,12H2,1-2H3. The second-order valence-electron chi connectivity index (χ2n) is 3.19. The minimum absolute atomic E-state index is 0.0843. The van der Waals surface area contributed by atoms with Crippen LogP contribution in [-0.4, -0.2) is 5.78 Å². The second kappa shape index (κ2) is 4.19. The maximum atomic E-state index is 11.0. The van der Waals surface area contributed by atoms with Gasteiger partial charge >= 0.3 is 0 Å². The molecule has 0 aromatic heterocycles. The molecule has 1 rings (SSSR count). The zero-order valence-corrected chi connectivity index (χ0v) is 8.08. The van der Waals surface area contributed by atoms with Gasteiger partial charge in [-0.05, 0) is 18.9 Å². The number of benzene rings is 1. The fourth-order valence-electron chi connectivity index (χ4n) is 1.20. The third kappa shape index (κ3) is 2.39. The number of nitrogens with two attached hydrogens (primary N) is 1. The maximum Gasteiger partial charge on any atom is 0.159 e. The number of ketones is 1. The molecule has 13 heavy (non-hydrogen) atoms. The zero-order valence-electron chi connectivity index (χ0n) is 8.08. The van der Waals surface area contributed by atoms with Gasteiger partial charge in [-0.3, -0.25) is 4.79 Å². The Hall–Kier alpha value is -1.15.